The fourth-order valence-corrected chi connectivity index (χ4v) is 1.89. The SMILES string of the molecule is CCc1ccccc1OCCCC(C)(N)C(=O)OC. The zero-order valence-corrected chi connectivity index (χ0v) is 11.9. The van der Waals surface area contributed by atoms with Crippen molar-refractivity contribution in [1.82, 2.24) is 0 Å². The summed E-state index contributed by atoms with van der Waals surface area (Å²) in [6.07, 6.45) is 2.18. The minimum Gasteiger partial charge on any atom is -0.493 e. The lowest BCUT2D eigenvalue weighted by Crippen LogP contribution is -2.45. The van der Waals surface area contributed by atoms with Gasteiger partial charge in [-0.15, -0.1) is 0 Å². The second-order valence-electron chi connectivity index (χ2n) is 4.82. The molecule has 4 nitrogen and oxygen atoms in total. The molecule has 0 saturated carbocycles. The van der Waals surface area contributed by atoms with Gasteiger partial charge < -0.3 is 15.2 Å². The number of carbonyl (C=O) groups is 1. The Bertz CT molecular complexity index is 416. The number of methoxy groups -OCH3 is 1. The Kier molecular flexibility index (Phi) is 5.83. The number of rotatable bonds is 7. The molecule has 0 bridgehead atoms. The molecular formula is C15H23NO3. The van der Waals surface area contributed by atoms with Crippen LogP contribution in [0.4, 0.5) is 0 Å². The molecule has 1 aromatic carbocycles. The van der Waals surface area contributed by atoms with Crippen LogP contribution in [0.1, 0.15) is 32.3 Å². The van der Waals surface area contributed by atoms with E-state index in [4.69, 9.17) is 10.5 Å². The molecular weight excluding hydrogens is 242 g/mol. The van der Waals surface area contributed by atoms with Crippen molar-refractivity contribution in [3.63, 3.8) is 0 Å². The minimum absolute atomic E-state index is 0.388. The first kappa shape index (κ1) is 15.5. The molecule has 1 rings (SSSR count). The van der Waals surface area contributed by atoms with Crippen molar-refractivity contribution in [2.24, 2.45) is 5.73 Å². The molecule has 4 heteroatoms. The van der Waals surface area contributed by atoms with E-state index in [1.807, 2.05) is 18.2 Å². The largest absolute Gasteiger partial charge is 0.493 e. The molecule has 2 N–H and O–H groups in total. The van der Waals surface area contributed by atoms with Gasteiger partial charge in [0.25, 0.3) is 0 Å². The maximum Gasteiger partial charge on any atom is 0.325 e. The summed E-state index contributed by atoms with van der Waals surface area (Å²) in [5.41, 5.74) is 6.12. The van der Waals surface area contributed by atoms with Gasteiger partial charge in [-0.1, -0.05) is 25.1 Å². The normalized spacial score (nSPS) is 13.7. The predicted molar refractivity (Wildman–Crippen MR) is 75.2 cm³/mol. The molecule has 1 aromatic rings. The van der Waals surface area contributed by atoms with Crippen molar-refractivity contribution >= 4 is 5.97 Å². The number of hydrogen-bond donors (Lipinski definition) is 1. The van der Waals surface area contributed by atoms with Crippen LogP contribution in [0.2, 0.25) is 0 Å². The summed E-state index contributed by atoms with van der Waals surface area (Å²) in [6, 6.07) is 7.97. The van der Waals surface area contributed by atoms with Crippen LogP contribution in [-0.2, 0) is 16.0 Å². The van der Waals surface area contributed by atoms with Crippen LogP contribution < -0.4 is 10.5 Å². The fraction of sp³-hybridized carbons (Fsp3) is 0.533. The van der Waals surface area contributed by atoms with Crippen LogP contribution in [0.5, 0.6) is 5.75 Å². The zero-order chi connectivity index (χ0) is 14.3. The monoisotopic (exact) mass is 265 g/mol. The van der Waals surface area contributed by atoms with Crippen LogP contribution >= 0.6 is 0 Å². The lowest BCUT2D eigenvalue weighted by Gasteiger charge is -2.21. The van der Waals surface area contributed by atoms with E-state index in [2.05, 4.69) is 17.7 Å². The highest BCUT2D eigenvalue weighted by Crippen LogP contribution is 2.19. The van der Waals surface area contributed by atoms with E-state index in [0.717, 1.165) is 12.2 Å². The van der Waals surface area contributed by atoms with Crippen molar-refractivity contribution in [3.8, 4) is 5.75 Å². The molecule has 106 valence electrons. The van der Waals surface area contributed by atoms with Crippen molar-refractivity contribution in [2.75, 3.05) is 13.7 Å². The average molecular weight is 265 g/mol. The third kappa shape index (κ3) is 4.56. The van der Waals surface area contributed by atoms with Crippen LogP contribution in [0, 0.1) is 0 Å². The maximum absolute atomic E-state index is 11.4. The lowest BCUT2D eigenvalue weighted by atomic mass is 9.98. The van der Waals surface area contributed by atoms with Gasteiger partial charge >= 0.3 is 5.97 Å². The van der Waals surface area contributed by atoms with Crippen LogP contribution in [-0.4, -0.2) is 25.2 Å². The first-order valence-corrected chi connectivity index (χ1v) is 6.59. The smallest absolute Gasteiger partial charge is 0.325 e. The van der Waals surface area contributed by atoms with Gasteiger partial charge in [-0.25, -0.2) is 0 Å². The molecule has 0 fully saturated rings. The Morgan fingerprint density at radius 1 is 1.37 bits per heavy atom. The minimum atomic E-state index is -0.942. The van der Waals surface area contributed by atoms with Gasteiger partial charge in [0, 0.05) is 0 Å². The Hall–Kier alpha value is -1.55. The van der Waals surface area contributed by atoms with E-state index in [9.17, 15) is 4.79 Å². The third-order valence-corrected chi connectivity index (χ3v) is 3.10. The maximum atomic E-state index is 11.4. The van der Waals surface area contributed by atoms with Crippen molar-refractivity contribution in [2.45, 2.75) is 38.6 Å². The number of aryl methyl sites for hydroxylation is 1. The number of benzene rings is 1. The van der Waals surface area contributed by atoms with E-state index < -0.39 is 5.54 Å². The summed E-state index contributed by atoms with van der Waals surface area (Å²) in [5.74, 6) is 0.517. The highest BCUT2D eigenvalue weighted by Gasteiger charge is 2.28. The van der Waals surface area contributed by atoms with Crippen LogP contribution in [0.25, 0.3) is 0 Å². The number of ether oxygens (including phenoxy) is 2. The van der Waals surface area contributed by atoms with Crippen LogP contribution in [0.3, 0.4) is 0 Å². The van der Waals surface area contributed by atoms with Gasteiger partial charge in [0.15, 0.2) is 0 Å². The summed E-state index contributed by atoms with van der Waals surface area (Å²) in [5, 5.41) is 0. The summed E-state index contributed by atoms with van der Waals surface area (Å²) >= 11 is 0. The second kappa shape index (κ2) is 7.14. The molecule has 19 heavy (non-hydrogen) atoms. The molecule has 0 saturated heterocycles. The molecule has 0 radical (unpaired) electrons. The van der Waals surface area contributed by atoms with Crippen molar-refractivity contribution in [3.05, 3.63) is 29.8 Å². The molecule has 1 atom stereocenters. The molecule has 0 aliphatic rings. The Balaban J connectivity index is 2.41. The lowest BCUT2D eigenvalue weighted by molar-refractivity contribution is -0.146. The third-order valence-electron chi connectivity index (χ3n) is 3.10. The topological polar surface area (TPSA) is 61.5 Å². The second-order valence-corrected chi connectivity index (χ2v) is 4.82. The first-order chi connectivity index (χ1) is 9.01. The molecule has 0 aromatic heterocycles. The number of hydrogen-bond acceptors (Lipinski definition) is 4. The predicted octanol–water partition coefficient (Wildman–Crippen LogP) is 2.30. The Morgan fingerprint density at radius 3 is 2.68 bits per heavy atom. The highest BCUT2D eigenvalue weighted by molar-refractivity contribution is 5.79. The van der Waals surface area contributed by atoms with E-state index in [1.54, 1.807) is 6.92 Å². The Labute approximate surface area is 114 Å². The number of carbonyl (C=O) groups excluding carboxylic acids is 1. The zero-order valence-electron chi connectivity index (χ0n) is 11.9. The fourth-order valence-electron chi connectivity index (χ4n) is 1.89. The van der Waals surface area contributed by atoms with Gasteiger partial charge in [0.05, 0.1) is 13.7 Å². The van der Waals surface area contributed by atoms with E-state index >= 15 is 0 Å². The Morgan fingerprint density at radius 2 is 2.05 bits per heavy atom. The summed E-state index contributed by atoms with van der Waals surface area (Å²) in [7, 11) is 1.35. The quantitative estimate of drug-likeness (QED) is 0.607. The number of esters is 1. The highest BCUT2D eigenvalue weighted by atomic mass is 16.5. The molecule has 0 aliphatic carbocycles. The van der Waals surface area contributed by atoms with Crippen molar-refractivity contribution in [1.29, 1.82) is 0 Å². The van der Waals surface area contributed by atoms with E-state index in [0.29, 0.717) is 19.4 Å². The van der Waals surface area contributed by atoms with E-state index in [-0.39, 0.29) is 5.97 Å². The molecule has 0 aliphatic heterocycles. The van der Waals surface area contributed by atoms with Gasteiger partial charge in [-0.2, -0.15) is 0 Å². The molecule has 0 amide bonds. The van der Waals surface area contributed by atoms with Gasteiger partial charge in [-0.3, -0.25) is 4.79 Å². The summed E-state index contributed by atoms with van der Waals surface area (Å²) < 4.78 is 10.4. The van der Waals surface area contributed by atoms with E-state index in [1.165, 1.54) is 12.7 Å². The average Bonchev–Trinajstić information content (AvgIpc) is 2.43. The van der Waals surface area contributed by atoms with Gasteiger partial charge in [0.1, 0.15) is 11.3 Å². The molecule has 0 spiro atoms. The standard InChI is InChI=1S/C15H23NO3/c1-4-12-8-5-6-9-13(12)19-11-7-10-15(2,16)14(17)18-3/h5-6,8-9H,4,7,10-11,16H2,1-3H3. The van der Waals surface area contributed by atoms with Gasteiger partial charge in [-0.05, 0) is 37.8 Å². The summed E-state index contributed by atoms with van der Waals surface area (Å²) in [6.45, 7) is 4.32. The number of nitrogens with two attached hydrogens (primary N) is 1. The molecule has 0 heterocycles. The summed E-state index contributed by atoms with van der Waals surface area (Å²) in [4.78, 5) is 11.4. The van der Waals surface area contributed by atoms with Gasteiger partial charge in [0.2, 0.25) is 0 Å². The molecule has 1 unspecified atom stereocenters. The first-order valence-electron chi connectivity index (χ1n) is 6.59. The van der Waals surface area contributed by atoms with Crippen LogP contribution in [0.15, 0.2) is 24.3 Å². The van der Waals surface area contributed by atoms with Crippen molar-refractivity contribution < 1.29 is 14.3 Å². The number of para-hydroxylation sites is 1.